The lowest BCUT2D eigenvalue weighted by Gasteiger charge is -2.10. The molecule has 1 amide bonds. The number of hydrogen-bond acceptors (Lipinski definition) is 2. The third-order valence-electron chi connectivity index (χ3n) is 1.52. The second-order valence-electron chi connectivity index (χ2n) is 2.60. The molecule has 3 nitrogen and oxygen atoms in total. The molecule has 0 saturated heterocycles. The minimum atomic E-state index is -2.57. The molecule has 0 fully saturated rings. The topological polar surface area (TPSA) is 38.3 Å². The normalized spacial score (nSPS) is 10.1. The fourth-order valence-corrected chi connectivity index (χ4v) is 1.13. The number of carbonyl (C=O) groups is 1. The van der Waals surface area contributed by atoms with E-state index in [-0.39, 0.29) is 11.4 Å². The van der Waals surface area contributed by atoms with Crippen molar-refractivity contribution in [1.29, 1.82) is 0 Å². The molecular formula is C9H8ClF2NO2. The number of nitrogens with one attached hydrogen (secondary N) is 1. The van der Waals surface area contributed by atoms with Gasteiger partial charge in [-0.3, -0.25) is 4.79 Å². The van der Waals surface area contributed by atoms with Crippen LogP contribution in [0.2, 0.25) is 5.02 Å². The molecule has 0 heterocycles. The monoisotopic (exact) mass is 235 g/mol. The van der Waals surface area contributed by atoms with Gasteiger partial charge >= 0.3 is 0 Å². The Kier molecular flexibility index (Phi) is 4.30. The Bertz CT molecular complexity index is 347. The molecule has 6 heteroatoms. The number of amides is 1. The zero-order valence-corrected chi connectivity index (χ0v) is 8.30. The van der Waals surface area contributed by atoms with E-state index in [1.54, 1.807) is 0 Å². The van der Waals surface area contributed by atoms with Crippen molar-refractivity contribution in [1.82, 2.24) is 0 Å². The molecule has 1 aromatic carbocycles. The number of rotatable bonds is 5. The van der Waals surface area contributed by atoms with Crippen molar-refractivity contribution in [3.8, 4) is 5.75 Å². The molecule has 82 valence electrons. The van der Waals surface area contributed by atoms with Crippen molar-refractivity contribution >= 4 is 23.7 Å². The van der Waals surface area contributed by atoms with Crippen molar-refractivity contribution in [2.24, 2.45) is 0 Å². The predicted octanol–water partition coefficient (Wildman–Crippen LogP) is 2.55. The van der Waals surface area contributed by atoms with E-state index in [4.69, 9.17) is 16.3 Å². The Morgan fingerprint density at radius 2 is 2.27 bits per heavy atom. The highest BCUT2D eigenvalue weighted by molar-refractivity contribution is 6.31. The number of halogens is 3. The second kappa shape index (κ2) is 5.50. The fraction of sp³-hybridized carbons (Fsp3) is 0.222. The van der Waals surface area contributed by atoms with Crippen LogP contribution in [0.15, 0.2) is 18.2 Å². The first kappa shape index (κ1) is 11.7. The van der Waals surface area contributed by atoms with Gasteiger partial charge in [0, 0.05) is 5.02 Å². The Morgan fingerprint density at radius 1 is 1.53 bits per heavy atom. The van der Waals surface area contributed by atoms with Gasteiger partial charge in [0.2, 0.25) is 6.41 Å². The zero-order valence-electron chi connectivity index (χ0n) is 7.54. The lowest BCUT2D eigenvalue weighted by atomic mass is 10.3. The van der Waals surface area contributed by atoms with Crippen LogP contribution in [0.1, 0.15) is 0 Å². The van der Waals surface area contributed by atoms with E-state index in [0.29, 0.717) is 11.4 Å². The fourth-order valence-electron chi connectivity index (χ4n) is 0.957. The Hall–Kier alpha value is -1.36. The van der Waals surface area contributed by atoms with E-state index in [2.05, 4.69) is 5.32 Å². The van der Waals surface area contributed by atoms with E-state index in [0.717, 1.165) is 0 Å². The molecule has 0 radical (unpaired) electrons. The second-order valence-corrected chi connectivity index (χ2v) is 3.04. The Balaban J connectivity index is 2.80. The summed E-state index contributed by atoms with van der Waals surface area (Å²) < 4.78 is 28.5. The minimum Gasteiger partial charge on any atom is -0.485 e. The van der Waals surface area contributed by atoms with Crippen LogP contribution in [0.25, 0.3) is 0 Å². The molecule has 0 saturated carbocycles. The van der Waals surface area contributed by atoms with Gasteiger partial charge in [-0.05, 0) is 18.2 Å². The predicted molar refractivity (Wildman–Crippen MR) is 52.6 cm³/mol. The van der Waals surface area contributed by atoms with Crippen LogP contribution >= 0.6 is 11.6 Å². The summed E-state index contributed by atoms with van der Waals surface area (Å²) in [6.07, 6.45) is -2.15. The van der Waals surface area contributed by atoms with Gasteiger partial charge in [0.25, 0.3) is 6.43 Å². The molecule has 0 bridgehead atoms. The molecule has 0 unspecified atom stereocenters. The average Bonchev–Trinajstić information content (AvgIpc) is 2.17. The van der Waals surface area contributed by atoms with Gasteiger partial charge in [-0.15, -0.1) is 0 Å². The maximum absolute atomic E-state index is 11.9. The van der Waals surface area contributed by atoms with Crippen LogP contribution in [0.5, 0.6) is 5.75 Å². The third kappa shape index (κ3) is 3.71. The lowest BCUT2D eigenvalue weighted by Crippen LogP contribution is -2.08. The van der Waals surface area contributed by atoms with Gasteiger partial charge in [0.1, 0.15) is 12.4 Å². The van der Waals surface area contributed by atoms with Crippen LogP contribution in [0.3, 0.4) is 0 Å². The van der Waals surface area contributed by atoms with Crippen LogP contribution in [0.4, 0.5) is 14.5 Å². The highest BCUT2D eigenvalue weighted by atomic mass is 35.5. The third-order valence-corrected chi connectivity index (χ3v) is 1.76. The van der Waals surface area contributed by atoms with Crippen molar-refractivity contribution in [2.75, 3.05) is 11.9 Å². The van der Waals surface area contributed by atoms with Gasteiger partial charge in [-0.25, -0.2) is 8.78 Å². The smallest absolute Gasteiger partial charge is 0.272 e. The van der Waals surface area contributed by atoms with Crippen molar-refractivity contribution in [3.63, 3.8) is 0 Å². The number of anilines is 1. The molecule has 1 N–H and O–H groups in total. The maximum Gasteiger partial charge on any atom is 0.272 e. The van der Waals surface area contributed by atoms with Crippen molar-refractivity contribution in [3.05, 3.63) is 23.2 Å². The minimum absolute atomic E-state index is 0.159. The molecule has 0 atom stereocenters. The summed E-state index contributed by atoms with van der Waals surface area (Å²) in [6.45, 7) is -0.727. The summed E-state index contributed by atoms with van der Waals surface area (Å²) in [5.74, 6) is 0.159. The van der Waals surface area contributed by atoms with Gasteiger partial charge in [-0.2, -0.15) is 0 Å². The van der Waals surface area contributed by atoms with Gasteiger partial charge < -0.3 is 10.1 Å². The summed E-state index contributed by atoms with van der Waals surface area (Å²) >= 11 is 5.66. The summed E-state index contributed by atoms with van der Waals surface area (Å²) in [6, 6.07) is 4.31. The first-order valence-electron chi connectivity index (χ1n) is 4.04. The van der Waals surface area contributed by atoms with Crippen LogP contribution in [0, 0.1) is 0 Å². The summed E-state index contributed by atoms with van der Waals surface area (Å²) in [5.41, 5.74) is 0.262. The van der Waals surface area contributed by atoms with Crippen molar-refractivity contribution < 1.29 is 18.3 Å². The van der Waals surface area contributed by atoms with Crippen molar-refractivity contribution in [2.45, 2.75) is 6.43 Å². The van der Waals surface area contributed by atoms with Crippen LogP contribution in [-0.4, -0.2) is 19.4 Å². The zero-order chi connectivity index (χ0) is 11.3. The van der Waals surface area contributed by atoms with Crippen LogP contribution < -0.4 is 10.1 Å². The van der Waals surface area contributed by atoms with E-state index in [1.807, 2.05) is 0 Å². The van der Waals surface area contributed by atoms with Crippen LogP contribution in [-0.2, 0) is 4.79 Å². The average molecular weight is 236 g/mol. The molecule has 0 aliphatic carbocycles. The van der Waals surface area contributed by atoms with Gasteiger partial charge in [0.05, 0.1) is 5.69 Å². The number of alkyl halides is 2. The molecule has 0 aliphatic rings. The number of benzene rings is 1. The van der Waals surface area contributed by atoms with Gasteiger partial charge in [-0.1, -0.05) is 11.6 Å². The first-order chi connectivity index (χ1) is 7.13. The van der Waals surface area contributed by atoms with E-state index < -0.39 is 13.0 Å². The summed E-state index contributed by atoms with van der Waals surface area (Å²) in [4.78, 5) is 10.2. The highest BCUT2D eigenvalue weighted by Crippen LogP contribution is 2.27. The Labute approximate surface area is 90.0 Å². The summed E-state index contributed by atoms with van der Waals surface area (Å²) in [5, 5.41) is 2.68. The maximum atomic E-state index is 11.9. The Morgan fingerprint density at radius 3 is 2.87 bits per heavy atom. The summed E-state index contributed by atoms with van der Waals surface area (Å²) in [7, 11) is 0. The van der Waals surface area contributed by atoms with Gasteiger partial charge in [0.15, 0.2) is 0 Å². The number of carbonyl (C=O) groups excluding carboxylic acids is 1. The number of hydrogen-bond donors (Lipinski definition) is 1. The quantitative estimate of drug-likeness (QED) is 0.797. The molecule has 0 spiro atoms. The molecule has 1 rings (SSSR count). The molecule has 0 aliphatic heterocycles. The molecule has 15 heavy (non-hydrogen) atoms. The van der Waals surface area contributed by atoms with E-state index >= 15 is 0 Å². The highest BCUT2D eigenvalue weighted by Gasteiger charge is 2.07. The molecular weight excluding hydrogens is 228 g/mol. The lowest BCUT2D eigenvalue weighted by molar-refractivity contribution is -0.105. The molecule has 0 aromatic heterocycles. The molecule has 1 aromatic rings. The van der Waals surface area contributed by atoms with E-state index in [9.17, 15) is 13.6 Å². The first-order valence-corrected chi connectivity index (χ1v) is 4.42. The SMILES string of the molecule is O=CNc1cc(Cl)ccc1OCC(F)F. The van der Waals surface area contributed by atoms with E-state index in [1.165, 1.54) is 18.2 Å². The largest absolute Gasteiger partial charge is 0.485 e. The number of ether oxygens (including phenoxy) is 1. The standard InChI is InChI=1S/C9H8ClF2NO2/c10-6-1-2-8(15-4-9(11)12)7(3-6)13-5-14/h1-3,5,9H,4H2,(H,13,14).